The number of hydrogen-bond donors (Lipinski definition) is 0. The molecule has 0 heterocycles. The summed E-state index contributed by atoms with van der Waals surface area (Å²) in [4.78, 5) is 10.8. The lowest BCUT2D eigenvalue weighted by molar-refractivity contribution is -0.383. The molecule has 2 rings (SSSR count). The summed E-state index contributed by atoms with van der Waals surface area (Å²) in [6.07, 6.45) is -4.57. The molecule has 0 aliphatic rings. The van der Waals surface area contributed by atoms with E-state index in [-0.39, 0.29) is 28.4 Å². The van der Waals surface area contributed by atoms with Gasteiger partial charge in [-0.15, -0.1) is 4.52 Å². The van der Waals surface area contributed by atoms with E-state index >= 15 is 0 Å². The number of halogens is 4. The van der Waals surface area contributed by atoms with E-state index in [1.165, 1.54) is 12.1 Å². The monoisotopic (exact) mass is 464 g/mol. The molecule has 1 unspecified atom stereocenters. The maximum atomic E-state index is 12.9. The number of benzene rings is 2. The zero-order valence-corrected chi connectivity index (χ0v) is 18.2. The van der Waals surface area contributed by atoms with Crippen molar-refractivity contribution in [3.05, 3.63) is 56.6 Å². The maximum absolute atomic E-state index is 12.9. The van der Waals surface area contributed by atoms with Gasteiger partial charge in [-0.1, -0.05) is 32.4 Å². The first-order valence-corrected chi connectivity index (χ1v) is 10.3. The topological polar surface area (TPSA) is 78.7 Å². The van der Waals surface area contributed by atoms with Crippen LogP contribution in [-0.2, 0) is 20.7 Å². The number of ether oxygens (including phenoxy) is 1. The Labute approximate surface area is 177 Å². The number of nitro groups is 1. The highest BCUT2D eigenvalue weighted by Gasteiger charge is 2.37. The van der Waals surface area contributed by atoms with E-state index in [9.17, 15) is 27.9 Å². The number of nitro benzene ring substituents is 1. The molecule has 0 spiro atoms. The zero-order chi connectivity index (χ0) is 22.9. The van der Waals surface area contributed by atoms with Gasteiger partial charge in [-0.05, 0) is 35.1 Å². The molecule has 2 aromatic carbocycles. The van der Waals surface area contributed by atoms with Gasteiger partial charge in [0.15, 0.2) is 0 Å². The van der Waals surface area contributed by atoms with Crippen LogP contribution in [0.1, 0.15) is 38.8 Å². The lowest BCUT2D eigenvalue weighted by Gasteiger charge is -2.22. The lowest BCUT2D eigenvalue weighted by Crippen LogP contribution is -2.17. The molecule has 0 aromatic heterocycles. The molecule has 30 heavy (non-hydrogen) atoms. The van der Waals surface area contributed by atoms with Crippen molar-refractivity contribution in [1.82, 2.24) is 0 Å². The molecule has 0 N–H and O–H groups in total. The van der Waals surface area contributed by atoms with Crippen LogP contribution in [0.25, 0.3) is 0 Å². The SMILES string of the molecule is CCO[P+](=O)c1cc(Oc2ccc(C(F)(F)F)cc2Cl)c(C(C)(C)C)cc1[N+](=O)[O-]. The van der Waals surface area contributed by atoms with Crippen molar-refractivity contribution in [3.8, 4) is 11.5 Å². The van der Waals surface area contributed by atoms with Gasteiger partial charge in [0, 0.05) is 17.7 Å². The summed E-state index contributed by atoms with van der Waals surface area (Å²) in [5.74, 6) is -0.00517. The van der Waals surface area contributed by atoms with Crippen LogP contribution in [-0.4, -0.2) is 11.5 Å². The molecule has 6 nitrogen and oxygen atoms in total. The molecule has 1 atom stereocenters. The third-order valence-corrected chi connectivity index (χ3v) is 5.54. The van der Waals surface area contributed by atoms with Gasteiger partial charge in [0.2, 0.25) is 0 Å². The van der Waals surface area contributed by atoms with Crippen molar-refractivity contribution in [2.24, 2.45) is 0 Å². The Kier molecular flexibility index (Phi) is 7.12. The zero-order valence-electron chi connectivity index (χ0n) is 16.5. The molecule has 0 fully saturated rings. The normalized spacial score (nSPS) is 12.6. The molecule has 0 bridgehead atoms. The Morgan fingerprint density at radius 2 is 1.77 bits per heavy atom. The fourth-order valence-electron chi connectivity index (χ4n) is 2.59. The van der Waals surface area contributed by atoms with Crippen molar-refractivity contribution in [3.63, 3.8) is 0 Å². The second-order valence-corrected chi connectivity index (χ2v) is 8.93. The highest BCUT2D eigenvalue weighted by atomic mass is 35.5. The summed E-state index contributed by atoms with van der Waals surface area (Å²) in [6, 6.07) is 5.03. The van der Waals surface area contributed by atoms with Gasteiger partial charge in [0.05, 0.1) is 15.5 Å². The summed E-state index contributed by atoms with van der Waals surface area (Å²) < 4.78 is 61.7. The molecular weight excluding hydrogens is 446 g/mol. The second-order valence-electron chi connectivity index (χ2n) is 7.26. The standard InChI is InChI=1S/C19H19ClF3NO5P/c1-5-28-30(27)17-10-16(12(18(2,3)4)9-14(17)24(25)26)29-15-7-6-11(8-13(15)20)19(21,22)23/h6-10H,5H2,1-4H3/q+1. The molecule has 0 saturated heterocycles. The van der Waals surface area contributed by atoms with Gasteiger partial charge in [0.1, 0.15) is 18.1 Å². The fourth-order valence-corrected chi connectivity index (χ4v) is 3.73. The van der Waals surface area contributed by atoms with Crippen LogP contribution in [0.2, 0.25) is 5.02 Å². The Morgan fingerprint density at radius 1 is 1.13 bits per heavy atom. The number of nitrogens with zero attached hydrogens (tertiary/aromatic N) is 1. The van der Waals surface area contributed by atoms with Crippen molar-refractivity contribution in [2.45, 2.75) is 39.3 Å². The summed E-state index contributed by atoms with van der Waals surface area (Å²) in [5.41, 5.74) is -1.61. The van der Waals surface area contributed by atoms with Crippen LogP contribution in [0.15, 0.2) is 30.3 Å². The lowest BCUT2D eigenvalue weighted by atomic mass is 9.86. The van der Waals surface area contributed by atoms with Gasteiger partial charge < -0.3 is 4.74 Å². The third kappa shape index (κ3) is 5.47. The molecule has 162 valence electrons. The number of hydrogen-bond acceptors (Lipinski definition) is 5. The van der Waals surface area contributed by atoms with Crippen molar-refractivity contribution in [2.75, 3.05) is 6.61 Å². The summed E-state index contributed by atoms with van der Waals surface area (Å²) >= 11 is 5.97. The summed E-state index contributed by atoms with van der Waals surface area (Å²) in [5, 5.41) is 11.0. The summed E-state index contributed by atoms with van der Waals surface area (Å²) in [6.45, 7) is 6.97. The van der Waals surface area contributed by atoms with Crippen LogP contribution in [0.4, 0.5) is 18.9 Å². The quantitative estimate of drug-likeness (QED) is 0.268. The van der Waals surface area contributed by atoms with Crippen LogP contribution >= 0.6 is 19.6 Å². The number of alkyl halides is 3. The van der Waals surface area contributed by atoms with Gasteiger partial charge >= 0.3 is 25.2 Å². The van der Waals surface area contributed by atoms with E-state index in [2.05, 4.69) is 0 Å². The van der Waals surface area contributed by atoms with Gasteiger partial charge in [-0.2, -0.15) is 13.2 Å². The minimum Gasteiger partial charge on any atom is -0.455 e. The summed E-state index contributed by atoms with van der Waals surface area (Å²) in [7, 11) is -2.55. The first-order chi connectivity index (χ1) is 13.8. The van der Waals surface area contributed by atoms with Crippen LogP contribution < -0.4 is 10.0 Å². The molecular formula is C19H19ClF3NO5P+. The highest BCUT2D eigenvalue weighted by Crippen LogP contribution is 2.42. The Bertz CT molecular complexity index is 989. The molecule has 0 radical (unpaired) electrons. The third-order valence-electron chi connectivity index (χ3n) is 4.00. The van der Waals surface area contributed by atoms with E-state index in [0.717, 1.165) is 18.2 Å². The average molecular weight is 465 g/mol. The largest absolute Gasteiger partial charge is 0.556 e. The van der Waals surface area contributed by atoms with Gasteiger partial charge in [-0.3, -0.25) is 10.1 Å². The molecule has 0 aliphatic heterocycles. The molecule has 2 aromatic rings. The predicted octanol–water partition coefficient (Wildman–Crippen LogP) is 6.76. The van der Waals surface area contributed by atoms with Crippen molar-refractivity contribution >= 4 is 30.6 Å². The van der Waals surface area contributed by atoms with Gasteiger partial charge in [0.25, 0.3) is 0 Å². The minimum atomic E-state index is -4.57. The van der Waals surface area contributed by atoms with Crippen LogP contribution in [0.3, 0.4) is 0 Å². The van der Waals surface area contributed by atoms with E-state index < -0.39 is 35.8 Å². The average Bonchev–Trinajstić information content (AvgIpc) is 2.61. The minimum absolute atomic E-state index is 0.0638. The first-order valence-electron chi connectivity index (χ1n) is 8.73. The van der Waals surface area contributed by atoms with Crippen LogP contribution in [0, 0.1) is 10.1 Å². The van der Waals surface area contributed by atoms with Crippen molar-refractivity contribution < 1.29 is 31.9 Å². The van der Waals surface area contributed by atoms with E-state index in [1.54, 1.807) is 27.7 Å². The Morgan fingerprint density at radius 3 is 2.23 bits per heavy atom. The Balaban J connectivity index is 2.64. The number of rotatable bonds is 6. The Hall–Kier alpha value is -2.22. The predicted molar refractivity (Wildman–Crippen MR) is 107 cm³/mol. The van der Waals surface area contributed by atoms with E-state index in [1.807, 2.05) is 0 Å². The smallest absolute Gasteiger partial charge is 0.455 e. The van der Waals surface area contributed by atoms with Crippen molar-refractivity contribution in [1.29, 1.82) is 0 Å². The molecule has 0 saturated carbocycles. The molecule has 11 heteroatoms. The molecule has 0 aliphatic carbocycles. The maximum Gasteiger partial charge on any atom is 0.556 e. The highest BCUT2D eigenvalue weighted by molar-refractivity contribution is 7.48. The van der Waals surface area contributed by atoms with E-state index in [0.29, 0.717) is 5.56 Å². The van der Waals surface area contributed by atoms with Crippen LogP contribution in [0.5, 0.6) is 11.5 Å². The second kappa shape index (κ2) is 8.88. The molecule has 0 amide bonds. The fraction of sp³-hybridized carbons (Fsp3) is 0.368. The van der Waals surface area contributed by atoms with E-state index in [4.69, 9.17) is 20.9 Å². The van der Waals surface area contributed by atoms with Gasteiger partial charge in [-0.25, -0.2) is 0 Å². The first kappa shape index (κ1) is 24.1.